The fourth-order valence-electron chi connectivity index (χ4n) is 3.53. The molecule has 4 rings (SSSR count). The molecule has 0 aliphatic heterocycles. The van der Waals surface area contributed by atoms with Gasteiger partial charge in [-0.1, -0.05) is 48.5 Å². The first-order chi connectivity index (χ1) is 14.4. The van der Waals surface area contributed by atoms with Crippen molar-refractivity contribution in [1.29, 1.82) is 0 Å². The van der Waals surface area contributed by atoms with Crippen molar-refractivity contribution < 1.29 is 10.0 Å². The zero-order valence-corrected chi connectivity index (χ0v) is 17.2. The number of aromatic nitrogens is 3. The Morgan fingerprint density at radius 3 is 2.50 bits per heavy atom. The van der Waals surface area contributed by atoms with Gasteiger partial charge in [-0.3, -0.25) is 0 Å². The van der Waals surface area contributed by atoms with Crippen molar-refractivity contribution in [2.75, 3.05) is 24.3 Å². The number of nitrogens with one attached hydrogen (secondary N) is 2. The van der Waals surface area contributed by atoms with E-state index in [1.807, 2.05) is 56.3 Å². The Labute approximate surface area is 175 Å². The molecule has 0 saturated heterocycles. The molecule has 30 heavy (non-hydrogen) atoms. The standard InChI is InChI=1S/C22H24BN5O2/c1-14-20(16-10-7-11-17(23(29)30)21(16)25-14)22-26-18(12-19(27-22)28(2)3)24-13-15-8-5-4-6-9-15/h4-12,25,29-30H,13H2,1-3H3,(H,24,26,27). The molecule has 2 heterocycles. The smallest absolute Gasteiger partial charge is 0.423 e. The monoisotopic (exact) mass is 401 g/mol. The molecule has 4 aromatic rings. The van der Waals surface area contributed by atoms with Crippen molar-refractivity contribution in [1.82, 2.24) is 15.0 Å². The van der Waals surface area contributed by atoms with Gasteiger partial charge in [0.05, 0.1) is 0 Å². The van der Waals surface area contributed by atoms with E-state index in [4.69, 9.17) is 9.97 Å². The van der Waals surface area contributed by atoms with Gasteiger partial charge < -0.3 is 25.2 Å². The molecule has 0 amide bonds. The van der Waals surface area contributed by atoms with Crippen LogP contribution in [0.15, 0.2) is 54.6 Å². The molecule has 0 aliphatic rings. The number of rotatable bonds is 6. The molecular weight excluding hydrogens is 377 g/mol. The summed E-state index contributed by atoms with van der Waals surface area (Å²) in [5.74, 6) is 2.08. The number of fused-ring (bicyclic) bond motifs is 1. The predicted octanol–water partition coefficient (Wildman–Crippen LogP) is 2.29. The Kier molecular flexibility index (Phi) is 5.43. The quantitative estimate of drug-likeness (QED) is 0.370. The van der Waals surface area contributed by atoms with Gasteiger partial charge in [0.25, 0.3) is 0 Å². The van der Waals surface area contributed by atoms with E-state index >= 15 is 0 Å². The Morgan fingerprint density at radius 2 is 1.80 bits per heavy atom. The van der Waals surface area contributed by atoms with Crippen LogP contribution in [0.4, 0.5) is 11.6 Å². The van der Waals surface area contributed by atoms with Gasteiger partial charge >= 0.3 is 7.12 Å². The average molecular weight is 401 g/mol. The van der Waals surface area contributed by atoms with Crippen molar-refractivity contribution in [3.63, 3.8) is 0 Å². The second-order valence-electron chi connectivity index (χ2n) is 7.44. The van der Waals surface area contributed by atoms with Gasteiger partial charge in [0, 0.05) is 54.3 Å². The molecule has 7 nitrogen and oxygen atoms in total. The number of anilines is 2. The van der Waals surface area contributed by atoms with Gasteiger partial charge in [-0.05, 0) is 12.5 Å². The summed E-state index contributed by atoms with van der Waals surface area (Å²) in [4.78, 5) is 14.7. The maximum atomic E-state index is 9.72. The second-order valence-corrected chi connectivity index (χ2v) is 7.44. The third-order valence-electron chi connectivity index (χ3n) is 5.04. The van der Waals surface area contributed by atoms with Crippen molar-refractivity contribution >= 4 is 35.1 Å². The molecule has 0 radical (unpaired) electrons. The minimum absolute atomic E-state index is 0.424. The van der Waals surface area contributed by atoms with E-state index in [0.29, 0.717) is 23.3 Å². The lowest BCUT2D eigenvalue weighted by Gasteiger charge is -2.15. The normalized spacial score (nSPS) is 11.0. The summed E-state index contributed by atoms with van der Waals surface area (Å²) in [6.07, 6.45) is 0. The van der Waals surface area contributed by atoms with Gasteiger partial charge in [-0.2, -0.15) is 0 Å². The van der Waals surface area contributed by atoms with Crippen LogP contribution in [0.5, 0.6) is 0 Å². The number of benzene rings is 2. The second kappa shape index (κ2) is 8.18. The van der Waals surface area contributed by atoms with Crippen LogP contribution in [0, 0.1) is 6.92 Å². The molecule has 2 aromatic carbocycles. The predicted molar refractivity (Wildman–Crippen MR) is 122 cm³/mol. The van der Waals surface area contributed by atoms with E-state index < -0.39 is 7.12 Å². The molecule has 0 aliphatic carbocycles. The highest BCUT2D eigenvalue weighted by Crippen LogP contribution is 2.31. The number of nitrogens with zero attached hydrogens (tertiary/aromatic N) is 3. The fourth-order valence-corrected chi connectivity index (χ4v) is 3.53. The van der Waals surface area contributed by atoms with E-state index in [1.54, 1.807) is 12.1 Å². The van der Waals surface area contributed by atoms with E-state index in [1.165, 1.54) is 0 Å². The lowest BCUT2D eigenvalue weighted by Crippen LogP contribution is -2.30. The van der Waals surface area contributed by atoms with Crippen LogP contribution in [-0.2, 0) is 6.54 Å². The summed E-state index contributed by atoms with van der Waals surface area (Å²) in [7, 11) is 2.32. The van der Waals surface area contributed by atoms with Crippen molar-refractivity contribution in [2.45, 2.75) is 13.5 Å². The van der Waals surface area contributed by atoms with Gasteiger partial charge in [-0.15, -0.1) is 0 Å². The number of hydrogen-bond donors (Lipinski definition) is 4. The van der Waals surface area contributed by atoms with Gasteiger partial charge in [0.2, 0.25) is 0 Å². The molecule has 8 heteroatoms. The summed E-state index contributed by atoms with van der Waals surface area (Å²) in [5, 5.41) is 23.7. The Hall–Kier alpha value is -3.36. The third kappa shape index (κ3) is 3.87. The average Bonchev–Trinajstić information content (AvgIpc) is 3.08. The highest BCUT2D eigenvalue weighted by molar-refractivity contribution is 6.61. The van der Waals surface area contributed by atoms with Crippen LogP contribution >= 0.6 is 0 Å². The van der Waals surface area contributed by atoms with Crippen molar-refractivity contribution in [2.24, 2.45) is 0 Å². The minimum Gasteiger partial charge on any atom is -0.423 e. The molecule has 152 valence electrons. The molecule has 0 fully saturated rings. The molecule has 0 saturated carbocycles. The summed E-state index contributed by atoms with van der Waals surface area (Å²) in [6.45, 7) is 2.59. The van der Waals surface area contributed by atoms with Crippen LogP contribution in [0.1, 0.15) is 11.3 Å². The van der Waals surface area contributed by atoms with Crippen LogP contribution in [0.25, 0.3) is 22.3 Å². The zero-order valence-electron chi connectivity index (χ0n) is 17.2. The Balaban J connectivity index is 1.79. The van der Waals surface area contributed by atoms with E-state index in [-0.39, 0.29) is 0 Å². The SMILES string of the molecule is Cc1[nH]c2c(B(O)O)cccc2c1-c1nc(NCc2ccccc2)cc(N(C)C)n1. The highest BCUT2D eigenvalue weighted by Gasteiger charge is 2.21. The zero-order chi connectivity index (χ0) is 21.3. The molecule has 2 aromatic heterocycles. The Bertz CT molecular complexity index is 1180. The van der Waals surface area contributed by atoms with Crippen LogP contribution < -0.4 is 15.7 Å². The van der Waals surface area contributed by atoms with Crippen LogP contribution in [0.3, 0.4) is 0 Å². The summed E-state index contributed by atoms with van der Waals surface area (Å²) in [5.41, 5.74) is 3.97. The molecule has 0 bridgehead atoms. The van der Waals surface area contributed by atoms with Gasteiger partial charge in [0.15, 0.2) is 5.82 Å². The molecule has 0 unspecified atom stereocenters. The molecule has 0 spiro atoms. The lowest BCUT2D eigenvalue weighted by atomic mass is 9.79. The topological polar surface area (TPSA) is 97.3 Å². The highest BCUT2D eigenvalue weighted by atomic mass is 16.4. The summed E-state index contributed by atoms with van der Waals surface area (Å²) >= 11 is 0. The van der Waals surface area contributed by atoms with E-state index in [0.717, 1.165) is 33.8 Å². The first-order valence-electron chi connectivity index (χ1n) is 9.76. The van der Waals surface area contributed by atoms with Crippen LogP contribution in [0.2, 0.25) is 0 Å². The van der Waals surface area contributed by atoms with E-state index in [2.05, 4.69) is 22.4 Å². The number of para-hydroxylation sites is 1. The van der Waals surface area contributed by atoms with Crippen LogP contribution in [-0.4, -0.2) is 46.2 Å². The Morgan fingerprint density at radius 1 is 1.03 bits per heavy atom. The maximum Gasteiger partial charge on any atom is 0.490 e. The van der Waals surface area contributed by atoms with E-state index in [9.17, 15) is 10.0 Å². The maximum absolute atomic E-state index is 9.72. The number of H-pyrrole nitrogens is 1. The third-order valence-corrected chi connectivity index (χ3v) is 5.04. The number of hydrogen-bond acceptors (Lipinski definition) is 6. The lowest BCUT2D eigenvalue weighted by molar-refractivity contribution is 0.426. The number of aryl methyl sites for hydroxylation is 1. The van der Waals surface area contributed by atoms with Crippen molar-refractivity contribution in [3.05, 3.63) is 65.9 Å². The summed E-state index contributed by atoms with van der Waals surface area (Å²) in [6, 6.07) is 17.5. The molecule has 4 N–H and O–H groups in total. The van der Waals surface area contributed by atoms with Crippen molar-refractivity contribution in [3.8, 4) is 11.4 Å². The molecular formula is C22H24BN5O2. The largest absolute Gasteiger partial charge is 0.490 e. The molecule has 0 atom stereocenters. The first-order valence-corrected chi connectivity index (χ1v) is 9.76. The number of aromatic amines is 1. The fraction of sp³-hybridized carbons (Fsp3) is 0.182. The van der Waals surface area contributed by atoms with Gasteiger partial charge in [0.1, 0.15) is 11.6 Å². The summed E-state index contributed by atoms with van der Waals surface area (Å²) < 4.78 is 0. The first kappa shape index (κ1) is 19.9. The van der Waals surface area contributed by atoms with Gasteiger partial charge in [-0.25, -0.2) is 9.97 Å². The minimum atomic E-state index is -1.56.